The van der Waals surface area contributed by atoms with E-state index in [1.807, 2.05) is 19.1 Å². The molecule has 0 unspecified atom stereocenters. The van der Waals surface area contributed by atoms with Gasteiger partial charge in [-0.1, -0.05) is 115 Å². The molecule has 44 heavy (non-hydrogen) atoms. The lowest BCUT2D eigenvalue weighted by molar-refractivity contribution is -0.139. The smallest absolute Gasteiger partial charge is 0.341 e. The molecule has 4 nitrogen and oxygen atoms in total. The molecule has 0 saturated heterocycles. The van der Waals surface area contributed by atoms with E-state index >= 15 is 0 Å². The summed E-state index contributed by atoms with van der Waals surface area (Å²) in [6.07, 6.45) is 0.813. The minimum atomic E-state index is -1.01. The van der Waals surface area contributed by atoms with Crippen LogP contribution < -0.4 is 9.47 Å². The van der Waals surface area contributed by atoms with Crippen molar-refractivity contribution in [2.24, 2.45) is 0 Å². The summed E-state index contributed by atoms with van der Waals surface area (Å²) < 4.78 is 11.7. The maximum atomic E-state index is 10.9. The second-order valence-electron chi connectivity index (χ2n) is 11.1. The Morgan fingerprint density at radius 3 is 1.45 bits per heavy atom. The van der Waals surface area contributed by atoms with Gasteiger partial charge < -0.3 is 14.6 Å². The van der Waals surface area contributed by atoms with Gasteiger partial charge in [-0.3, -0.25) is 0 Å². The molecular weight excluding hydrogens is 544 g/mol. The van der Waals surface area contributed by atoms with Gasteiger partial charge in [-0.15, -0.1) is 0 Å². The van der Waals surface area contributed by atoms with Crippen molar-refractivity contribution >= 4 is 11.5 Å². The van der Waals surface area contributed by atoms with E-state index in [0.717, 1.165) is 28.7 Å². The Balaban J connectivity index is 1.48. The Morgan fingerprint density at radius 2 is 1.05 bits per heavy atom. The summed E-state index contributed by atoms with van der Waals surface area (Å²) in [4.78, 5) is 10.9. The molecule has 222 valence electrons. The second-order valence-corrected chi connectivity index (χ2v) is 11.1. The summed E-state index contributed by atoms with van der Waals surface area (Å²) in [5, 5.41) is 8.94. The molecule has 0 fully saturated rings. The monoisotopic (exact) mass is 582 g/mol. The maximum absolute atomic E-state index is 10.9. The second kappa shape index (κ2) is 13.9. The first-order valence-electron chi connectivity index (χ1n) is 15.0. The molecule has 0 spiro atoms. The molecule has 0 amide bonds. The number of ether oxygens (including phenoxy) is 2. The zero-order valence-electron chi connectivity index (χ0n) is 25.8. The molecule has 0 aliphatic rings. The Hall–Kier alpha value is -5.09. The average molecular weight is 583 g/mol. The van der Waals surface area contributed by atoms with Crippen LogP contribution in [0.3, 0.4) is 0 Å². The molecule has 0 bridgehead atoms. The normalized spacial score (nSPS) is 10.7. The number of aliphatic carboxylic acids is 1. The minimum absolute atomic E-state index is 0.376. The number of aryl methyl sites for hydroxylation is 3. The molecule has 0 radical (unpaired) electrons. The van der Waals surface area contributed by atoms with Crippen molar-refractivity contribution in [2.45, 2.75) is 34.1 Å². The Bertz CT molecular complexity index is 1650. The lowest BCUT2D eigenvalue weighted by Gasteiger charge is -2.18. The van der Waals surface area contributed by atoms with Gasteiger partial charge in [-0.05, 0) is 95.5 Å². The quantitative estimate of drug-likeness (QED) is 0.168. The molecule has 5 aromatic rings. The summed E-state index contributed by atoms with van der Waals surface area (Å²) in [5.41, 5.74) is 12.7. The van der Waals surface area contributed by atoms with Gasteiger partial charge in [-0.2, -0.15) is 0 Å². The summed E-state index contributed by atoms with van der Waals surface area (Å²) in [6, 6.07) is 40.2. The topological polar surface area (TPSA) is 55.8 Å². The molecule has 0 saturated carbocycles. The molecule has 0 aromatic heterocycles. The molecule has 0 heterocycles. The molecule has 4 heteroatoms. The fourth-order valence-corrected chi connectivity index (χ4v) is 5.26. The molecule has 0 atom stereocenters. The van der Waals surface area contributed by atoms with Gasteiger partial charge in [-0.25, -0.2) is 4.79 Å². The first-order chi connectivity index (χ1) is 21.3. The third kappa shape index (κ3) is 7.45. The summed E-state index contributed by atoms with van der Waals surface area (Å²) in [7, 11) is 0. The van der Waals surface area contributed by atoms with E-state index < -0.39 is 5.97 Å². The molecule has 1 N–H and O–H groups in total. The van der Waals surface area contributed by atoms with Crippen LogP contribution in [0.4, 0.5) is 0 Å². The Kier molecular flexibility index (Phi) is 9.61. The van der Waals surface area contributed by atoms with Crippen LogP contribution in [-0.2, 0) is 4.79 Å². The highest BCUT2D eigenvalue weighted by atomic mass is 16.5. The van der Waals surface area contributed by atoms with Crippen LogP contribution in [0.5, 0.6) is 11.5 Å². The van der Waals surface area contributed by atoms with Gasteiger partial charge in [0.2, 0.25) is 0 Å². The van der Waals surface area contributed by atoms with Crippen molar-refractivity contribution in [3.8, 4) is 33.8 Å². The number of hydrogen-bond acceptors (Lipinski definition) is 3. The molecule has 0 aliphatic heterocycles. The van der Waals surface area contributed by atoms with Crippen molar-refractivity contribution in [3.05, 3.63) is 149 Å². The molecular formula is C40H38O4. The van der Waals surface area contributed by atoms with Crippen LogP contribution in [0.15, 0.2) is 121 Å². The van der Waals surface area contributed by atoms with Crippen molar-refractivity contribution < 1.29 is 19.4 Å². The van der Waals surface area contributed by atoms with Crippen LogP contribution in [0, 0.1) is 20.8 Å². The van der Waals surface area contributed by atoms with E-state index in [1.165, 1.54) is 39.0 Å². The number of carboxylic acids is 1. The van der Waals surface area contributed by atoms with Crippen LogP contribution in [0.25, 0.3) is 27.8 Å². The van der Waals surface area contributed by atoms with Crippen LogP contribution in [-0.4, -0.2) is 24.3 Å². The minimum Gasteiger partial charge on any atom is -0.489 e. The van der Waals surface area contributed by atoms with Crippen LogP contribution >= 0.6 is 0 Å². The number of rotatable bonds is 11. The highest BCUT2D eigenvalue weighted by molar-refractivity contribution is 5.84. The third-order valence-electron chi connectivity index (χ3n) is 7.81. The predicted molar refractivity (Wildman–Crippen MR) is 179 cm³/mol. The molecule has 5 aromatic carbocycles. The Labute approximate surface area is 260 Å². The van der Waals surface area contributed by atoms with Gasteiger partial charge in [0, 0.05) is 0 Å². The zero-order valence-corrected chi connectivity index (χ0v) is 25.8. The van der Waals surface area contributed by atoms with E-state index in [9.17, 15) is 4.79 Å². The fourth-order valence-electron chi connectivity index (χ4n) is 5.26. The van der Waals surface area contributed by atoms with Crippen molar-refractivity contribution in [1.29, 1.82) is 0 Å². The SMILES string of the molecule is CCC(COc1ccc(OCC(=O)O)c(C)c1)=C(c1ccc(-c2ccc(C)cc2)cc1)c1ccc(-c2ccc(C)cc2)cc1. The van der Waals surface area contributed by atoms with E-state index in [1.54, 1.807) is 6.07 Å². The molecule has 0 aliphatic carbocycles. The van der Waals surface area contributed by atoms with E-state index in [4.69, 9.17) is 14.6 Å². The highest BCUT2D eigenvalue weighted by Crippen LogP contribution is 2.33. The third-order valence-corrected chi connectivity index (χ3v) is 7.81. The summed E-state index contributed by atoms with van der Waals surface area (Å²) >= 11 is 0. The van der Waals surface area contributed by atoms with E-state index in [0.29, 0.717) is 18.1 Å². The fraction of sp³-hybridized carbons (Fsp3) is 0.175. The number of carboxylic acid groups (broad SMARTS) is 1. The van der Waals surface area contributed by atoms with Gasteiger partial charge in [0.25, 0.3) is 0 Å². The van der Waals surface area contributed by atoms with Crippen molar-refractivity contribution in [1.82, 2.24) is 0 Å². The average Bonchev–Trinajstić information content (AvgIpc) is 3.03. The van der Waals surface area contributed by atoms with Gasteiger partial charge >= 0.3 is 5.97 Å². The van der Waals surface area contributed by atoms with Crippen molar-refractivity contribution in [2.75, 3.05) is 13.2 Å². The van der Waals surface area contributed by atoms with Crippen LogP contribution in [0.2, 0.25) is 0 Å². The van der Waals surface area contributed by atoms with Crippen LogP contribution in [0.1, 0.15) is 41.2 Å². The van der Waals surface area contributed by atoms with Gasteiger partial charge in [0.05, 0.1) is 0 Å². The predicted octanol–water partition coefficient (Wildman–Crippen LogP) is 9.70. The highest BCUT2D eigenvalue weighted by Gasteiger charge is 2.14. The standard InChI is InChI=1S/C40H38O4/c1-5-30(25-43-37-22-23-38(29(4)24-37)44-26-39(41)42)40(35-18-14-33(15-19-35)31-10-6-27(2)7-11-31)36-20-16-34(17-21-36)32-12-8-28(3)9-13-32/h6-24H,5,25-26H2,1-4H3,(H,41,42). The Morgan fingerprint density at radius 1 is 0.591 bits per heavy atom. The lowest BCUT2D eigenvalue weighted by Crippen LogP contribution is -2.10. The largest absolute Gasteiger partial charge is 0.489 e. The lowest BCUT2D eigenvalue weighted by atomic mass is 9.90. The number of carbonyl (C=O) groups is 1. The van der Waals surface area contributed by atoms with Crippen molar-refractivity contribution in [3.63, 3.8) is 0 Å². The summed E-state index contributed by atoms with van der Waals surface area (Å²) in [5.74, 6) is 0.239. The first kappa shape index (κ1) is 30.4. The van der Waals surface area contributed by atoms with Gasteiger partial charge in [0.1, 0.15) is 18.1 Å². The molecule has 5 rings (SSSR count). The zero-order chi connectivity index (χ0) is 31.1. The van der Waals surface area contributed by atoms with E-state index in [-0.39, 0.29) is 6.61 Å². The first-order valence-corrected chi connectivity index (χ1v) is 15.0. The number of hydrogen-bond donors (Lipinski definition) is 1. The van der Waals surface area contributed by atoms with Gasteiger partial charge in [0.15, 0.2) is 6.61 Å². The maximum Gasteiger partial charge on any atom is 0.341 e. The van der Waals surface area contributed by atoms with E-state index in [2.05, 4.69) is 118 Å². The number of benzene rings is 5. The summed E-state index contributed by atoms with van der Waals surface area (Å²) in [6.45, 7) is 8.29.